The van der Waals surface area contributed by atoms with Gasteiger partial charge in [-0.25, -0.2) is 0 Å². The van der Waals surface area contributed by atoms with Crippen LogP contribution >= 0.6 is 11.8 Å². The molecule has 3 nitrogen and oxygen atoms in total. The second-order valence-electron chi connectivity index (χ2n) is 5.34. The summed E-state index contributed by atoms with van der Waals surface area (Å²) < 4.78 is 0. The molecule has 0 N–H and O–H groups in total. The van der Waals surface area contributed by atoms with Gasteiger partial charge in [0.1, 0.15) is 0 Å². The first kappa shape index (κ1) is 15.6. The number of carbonyl (C=O) groups excluding carboxylic acids is 2. The summed E-state index contributed by atoms with van der Waals surface area (Å²) in [6, 6.07) is 17.4. The number of benzene rings is 2. The maximum absolute atomic E-state index is 12.7. The highest BCUT2D eigenvalue weighted by Crippen LogP contribution is 2.39. The van der Waals surface area contributed by atoms with E-state index in [2.05, 4.69) is 0 Å². The maximum atomic E-state index is 12.7. The summed E-state index contributed by atoms with van der Waals surface area (Å²) in [4.78, 5) is 28.1. The second-order valence-corrected chi connectivity index (χ2v) is 6.42. The molecule has 1 aliphatic rings. The topological polar surface area (TPSA) is 37.4 Å². The number of aryl methyl sites for hydroxylation is 1. The molecular weight excluding hydrogens is 306 g/mol. The SMILES string of the molecule is CCN1C(=O)C(Sc2ccccc2)=C(c2ccc(C)cc2)C1=O. The van der Waals surface area contributed by atoms with Crippen LogP contribution in [0.15, 0.2) is 64.4 Å². The van der Waals surface area contributed by atoms with Crippen molar-refractivity contribution in [3.8, 4) is 0 Å². The van der Waals surface area contributed by atoms with Gasteiger partial charge in [0.25, 0.3) is 11.8 Å². The largest absolute Gasteiger partial charge is 0.274 e. The molecule has 0 bridgehead atoms. The average molecular weight is 323 g/mol. The van der Waals surface area contributed by atoms with E-state index in [4.69, 9.17) is 0 Å². The Kier molecular flexibility index (Phi) is 4.35. The predicted octanol–water partition coefficient (Wildman–Crippen LogP) is 3.89. The van der Waals surface area contributed by atoms with Gasteiger partial charge in [0, 0.05) is 11.4 Å². The van der Waals surface area contributed by atoms with Crippen LogP contribution in [0, 0.1) is 6.92 Å². The van der Waals surface area contributed by atoms with Crippen LogP contribution in [0.1, 0.15) is 18.1 Å². The molecule has 1 aliphatic heterocycles. The van der Waals surface area contributed by atoms with Crippen LogP contribution in [0.3, 0.4) is 0 Å². The van der Waals surface area contributed by atoms with Gasteiger partial charge < -0.3 is 0 Å². The van der Waals surface area contributed by atoms with Gasteiger partial charge in [-0.1, -0.05) is 59.8 Å². The van der Waals surface area contributed by atoms with E-state index in [9.17, 15) is 9.59 Å². The van der Waals surface area contributed by atoms with Crippen molar-refractivity contribution < 1.29 is 9.59 Å². The summed E-state index contributed by atoms with van der Waals surface area (Å²) in [5.41, 5.74) is 2.42. The van der Waals surface area contributed by atoms with Crippen molar-refractivity contribution in [2.75, 3.05) is 6.54 Å². The second kappa shape index (κ2) is 6.42. The zero-order chi connectivity index (χ0) is 16.4. The van der Waals surface area contributed by atoms with Crippen molar-refractivity contribution in [1.82, 2.24) is 4.90 Å². The third kappa shape index (κ3) is 2.94. The number of amides is 2. The van der Waals surface area contributed by atoms with Crippen LogP contribution in [0.25, 0.3) is 5.57 Å². The smallest absolute Gasteiger partial charge is 0.268 e. The summed E-state index contributed by atoms with van der Waals surface area (Å²) in [7, 11) is 0. The molecule has 0 saturated heterocycles. The van der Waals surface area contributed by atoms with Crippen LogP contribution < -0.4 is 0 Å². The average Bonchev–Trinajstić information content (AvgIpc) is 2.80. The Hall–Kier alpha value is -2.33. The van der Waals surface area contributed by atoms with Crippen LogP contribution in [-0.4, -0.2) is 23.3 Å². The maximum Gasteiger partial charge on any atom is 0.268 e. The molecule has 3 rings (SSSR count). The van der Waals surface area contributed by atoms with Gasteiger partial charge in [0.05, 0.1) is 10.5 Å². The fraction of sp³-hybridized carbons (Fsp3) is 0.158. The molecule has 2 amide bonds. The lowest BCUT2D eigenvalue weighted by Crippen LogP contribution is -2.31. The molecule has 0 spiro atoms. The number of nitrogens with zero attached hydrogens (tertiary/aromatic N) is 1. The van der Waals surface area contributed by atoms with Crippen molar-refractivity contribution in [2.45, 2.75) is 18.7 Å². The van der Waals surface area contributed by atoms with Gasteiger partial charge >= 0.3 is 0 Å². The summed E-state index contributed by atoms with van der Waals surface area (Å²) in [5, 5.41) is 0. The highest BCUT2D eigenvalue weighted by Gasteiger charge is 2.38. The van der Waals surface area contributed by atoms with E-state index in [0.29, 0.717) is 17.0 Å². The number of hydrogen-bond acceptors (Lipinski definition) is 3. The van der Waals surface area contributed by atoms with Crippen LogP contribution in [0.5, 0.6) is 0 Å². The highest BCUT2D eigenvalue weighted by molar-refractivity contribution is 8.04. The number of hydrogen-bond donors (Lipinski definition) is 0. The summed E-state index contributed by atoms with van der Waals surface area (Å²) in [5.74, 6) is -0.415. The first-order valence-electron chi connectivity index (χ1n) is 7.52. The molecule has 0 fully saturated rings. The predicted molar refractivity (Wildman–Crippen MR) is 92.8 cm³/mol. The monoisotopic (exact) mass is 323 g/mol. The van der Waals surface area contributed by atoms with Crippen molar-refractivity contribution in [1.29, 1.82) is 0 Å². The molecule has 0 aromatic heterocycles. The van der Waals surface area contributed by atoms with Gasteiger partial charge in [-0.2, -0.15) is 0 Å². The van der Waals surface area contributed by atoms with E-state index in [1.165, 1.54) is 16.7 Å². The van der Waals surface area contributed by atoms with Crippen molar-refractivity contribution >= 4 is 29.1 Å². The fourth-order valence-corrected chi connectivity index (χ4v) is 3.55. The molecule has 2 aromatic carbocycles. The van der Waals surface area contributed by atoms with E-state index >= 15 is 0 Å². The third-order valence-corrected chi connectivity index (χ3v) is 4.84. The Morgan fingerprint density at radius 1 is 0.913 bits per heavy atom. The minimum Gasteiger partial charge on any atom is -0.274 e. The number of thioether (sulfide) groups is 1. The Bertz CT molecular complexity index is 779. The molecule has 0 aliphatic carbocycles. The van der Waals surface area contributed by atoms with E-state index in [1.807, 2.05) is 68.4 Å². The van der Waals surface area contributed by atoms with Gasteiger partial charge in [-0.15, -0.1) is 0 Å². The first-order valence-corrected chi connectivity index (χ1v) is 8.34. The molecule has 2 aromatic rings. The fourth-order valence-electron chi connectivity index (χ4n) is 2.52. The molecule has 4 heteroatoms. The van der Waals surface area contributed by atoms with E-state index in [0.717, 1.165) is 16.0 Å². The number of carbonyl (C=O) groups is 2. The zero-order valence-electron chi connectivity index (χ0n) is 13.1. The van der Waals surface area contributed by atoms with Gasteiger partial charge in [-0.05, 0) is 31.5 Å². The van der Waals surface area contributed by atoms with E-state index < -0.39 is 0 Å². The standard InChI is InChI=1S/C19H17NO2S/c1-3-20-18(21)16(14-11-9-13(2)10-12-14)17(19(20)22)23-15-7-5-4-6-8-15/h4-12H,3H2,1-2H3. The Labute approximate surface area is 140 Å². The lowest BCUT2D eigenvalue weighted by Gasteiger charge is -2.11. The lowest BCUT2D eigenvalue weighted by atomic mass is 10.0. The normalized spacial score (nSPS) is 14.8. The molecule has 1 heterocycles. The van der Waals surface area contributed by atoms with Gasteiger partial charge in [0.15, 0.2) is 0 Å². The van der Waals surface area contributed by atoms with E-state index in [1.54, 1.807) is 0 Å². The molecular formula is C19H17NO2S. The lowest BCUT2D eigenvalue weighted by molar-refractivity contribution is -0.136. The molecule has 0 atom stereocenters. The van der Waals surface area contributed by atoms with Crippen molar-refractivity contribution in [2.24, 2.45) is 0 Å². The minimum absolute atomic E-state index is 0.207. The number of rotatable bonds is 4. The zero-order valence-corrected chi connectivity index (χ0v) is 13.9. The molecule has 0 unspecified atom stereocenters. The van der Waals surface area contributed by atoms with Crippen molar-refractivity contribution in [3.63, 3.8) is 0 Å². The van der Waals surface area contributed by atoms with Crippen LogP contribution in [0.4, 0.5) is 0 Å². The third-order valence-electron chi connectivity index (χ3n) is 3.75. The quantitative estimate of drug-likeness (QED) is 0.801. The Balaban J connectivity index is 2.08. The van der Waals surface area contributed by atoms with Crippen molar-refractivity contribution in [3.05, 3.63) is 70.6 Å². The molecule has 23 heavy (non-hydrogen) atoms. The molecule has 0 radical (unpaired) electrons. The highest BCUT2D eigenvalue weighted by atomic mass is 32.2. The van der Waals surface area contributed by atoms with E-state index in [-0.39, 0.29) is 11.8 Å². The van der Waals surface area contributed by atoms with Gasteiger partial charge in [0.2, 0.25) is 0 Å². The van der Waals surface area contributed by atoms with Crippen LogP contribution in [0.2, 0.25) is 0 Å². The number of imide groups is 1. The minimum atomic E-state index is -0.209. The van der Waals surface area contributed by atoms with Crippen LogP contribution in [-0.2, 0) is 9.59 Å². The summed E-state index contributed by atoms with van der Waals surface area (Å²) in [6.45, 7) is 4.20. The Morgan fingerprint density at radius 3 is 2.17 bits per heavy atom. The molecule has 116 valence electrons. The van der Waals surface area contributed by atoms with Gasteiger partial charge in [-0.3, -0.25) is 14.5 Å². The first-order chi connectivity index (χ1) is 11.1. The summed E-state index contributed by atoms with van der Waals surface area (Å²) in [6.07, 6.45) is 0. The summed E-state index contributed by atoms with van der Waals surface area (Å²) >= 11 is 1.36. The Morgan fingerprint density at radius 2 is 1.57 bits per heavy atom. The molecule has 0 saturated carbocycles. The number of likely N-dealkylation sites (N-methyl/N-ethyl adjacent to an activating group) is 1.